The summed E-state index contributed by atoms with van der Waals surface area (Å²) in [6.07, 6.45) is 1.89. The summed E-state index contributed by atoms with van der Waals surface area (Å²) in [6, 6.07) is 8.68. The number of aryl methyl sites for hydroxylation is 1. The van der Waals surface area contributed by atoms with Crippen LogP contribution in [-0.2, 0) is 4.79 Å². The second kappa shape index (κ2) is 9.53. The molecule has 1 fully saturated rings. The van der Waals surface area contributed by atoms with Crippen LogP contribution in [0.1, 0.15) is 81.3 Å². The molecule has 1 aromatic heterocycles. The number of nitrogens with one attached hydrogen (secondary N) is 1. The van der Waals surface area contributed by atoms with E-state index in [0.29, 0.717) is 30.1 Å². The number of piperidine rings is 1. The zero-order valence-electron chi connectivity index (χ0n) is 18.3. The molecule has 1 amide bonds. The first-order chi connectivity index (χ1) is 13.8. The molecular weight excluding hydrogens is 364 g/mol. The average molecular weight is 399 g/mol. The van der Waals surface area contributed by atoms with Crippen LogP contribution >= 0.6 is 0 Å². The molecule has 3 rings (SSSR count). The number of likely N-dealkylation sites (tertiary alicyclic amines) is 1. The number of aromatic nitrogens is 2. The third-order valence-corrected chi connectivity index (χ3v) is 5.79. The van der Waals surface area contributed by atoms with E-state index in [1.807, 2.05) is 6.92 Å². The minimum absolute atomic E-state index is 0.0302. The van der Waals surface area contributed by atoms with Gasteiger partial charge < -0.3 is 9.84 Å². The van der Waals surface area contributed by atoms with E-state index in [0.717, 1.165) is 31.8 Å². The van der Waals surface area contributed by atoms with Crippen molar-refractivity contribution < 1.29 is 9.32 Å². The molecule has 1 aliphatic rings. The van der Waals surface area contributed by atoms with Crippen LogP contribution in [0, 0.1) is 12.8 Å². The van der Waals surface area contributed by atoms with Crippen LogP contribution in [-0.4, -0.2) is 40.6 Å². The Labute approximate surface area is 174 Å². The van der Waals surface area contributed by atoms with Crippen molar-refractivity contribution >= 4 is 5.91 Å². The lowest BCUT2D eigenvalue weighted by Gasteiger charge is -2.31. The van der Waals surface area contributed by atoms with Gasteiger partial charge in [-0.15, -0.1) is 0 Å². The molecule has 0 radical (unpaired) electrons. The van der Waals surface area contributed by atoms with Crippen molar-refractivity contribution in [2.45, 2.75) is 65.3 Å². The van der Waals surface area contributed by atoms with Crippen LogP contribution in [0.3, 0.4) is 0 Å². The number of hydrogen-bond acceptors (Lipinski definition) is 5. The minimum atomic E-state index is 0.0302. The standard InChI is InChI=1S/C23H34N4O2/c1-15(2)18-6-8-19(9-7-18)22(16(3)4)25-21(28)14-27-12-10-20(11-13-27)23-24-17(5)26-29-23/h6-9,15-16,20,22H,10-14H2,1-5H3,(H,25,28). The smallest absolute Gasteiger partial charge is 0.234 e. The molecular formula is C23H34N4O2. The van der Waals surface area contributed by atoms with Gasteiger partial charge in [0.1, 0.15) is 0 Å². The molecule has 6 nitrogen and oxygen atoms in total. The maximum atomic E-state index is 12.7. The molecule has 1 aliphatic heterocycles. The first-order valence-electron chi connectivity index (χ1n) is 10.7. The predicted molar refractivity (Wildman–Crippen MR) is 114 cm³/mol. The molecule has 29 heavy (non-hydrogen) atoms. The first-order valence-corrected chi connectivity index (χ1v) is 10.7. The fourth-order valence-electron chi connectivity index (χ4n) is 3.96. The van der Waals surface area contributed by atoms with E-state index in [1.54, 1.807) is 0 Å². The van der Waals surface area contributed by atoms with Crippen LogP contribution in [0.5, 0.6) is 0 Å². The van der Waals surface area contributed by atoms with E-state index in [9.17, 15) is 4.79 Å². The number of carbonyl (C=O) groups is 1. The highest BCUT2D eigenvalue weighted by atomic mass is 16.5. The van der Waals surface area contributed by atoms with Crippen molar-refractivity contribution in [1.82, 2.24) is 20.4 Å². The quantitative estimate of drug-likeness (QED) is 0.757. The summed E-state index contributed by atoms with van der Waals surface area (Å²) in [6.45, 7) is 12.7. The fourth-order valence-corrected chi connectivity index (χ4v) is 3.96. The van der Waals surface area contributed by atoms with Gasteiger partial charge in [0.15, 0.2) is 5.82 Å². The molecule has 2 aromatic rings. The molecule has 1 N–H and O–H groups in total. The summed E-state index contributed by atoms with van der Waals surface area (Å²) < 4.78 is 5.31. The Morgan fingerprint density at radius 3 is 2.28 bits per heavy atom. The molecule has 1 saturated heterocycles. The zero-order valence-corrected chi connectivity index (χ0v) is 18.3. The molecule has 158 valence electrons. The Bertz CT molecular complexity index is 789. The maximum absolute atomic E-state index is 12.7. The van der Waals surface area contributed by atoms with E-state index in [2.05, 4.69) is 72.3 Å². The summed E-state index contributed by atoms with van der Waals surface area (Å²) >= 11 is 0. The van der Waals surface area contributed by atoms with E-state index < -0.39 is 0 Å². The molecule has 0 spiro atoms. The van der Waals surface area contributed by atoms with Crippen LogP contribution in [0.4, 0.5) is 0 Å². The molecule has 1 unspecified atom stereocenters. The summed E-state index contributed by atoms with van der Waals surface area (Å²) in [5.74, 6) is 2.65. The van der Waals surface area contributed by atoms with Crippen molar-refractivity contribution in [2.24, 2.45) is 5.92 Å². The molecule has 1 atom stereocenters. The summed E-state index contributed by atoms with van der Waals surface area (Å²) in [7, 11) is 0. The minimum Gasteiger partial charge on any atom is -0.348 e. The second-order valence-electron chi connectivity index (χ2n) is 8.84. The Morgan fingerprint density at radius 2 is 1.76 bits per heavy atom. The monoisotopic (exact) mass is 398 g/mol. The zero-order chi connectivity index (χ0) is 21.0. The van der Waals surface area contributed by atoms with Crippen molar-refractivity contribution in [1.29, 1.82) is 0 Å². The lowest BCUT2D eigenvalue weighted by molar-refractivity contribution is -0.123. The molecule has 6 heteroatoms. The van der Waals surface area contributed by atoms with Crippen LogP contribution in [0.15, 0.2) is 28.8 Å². The Balaban J connectivity index is 1.53. The Morgan fingerprint density at radius 1 is 1.14 bits per heavy atom. The average Bonchev–Trinajstić information content (AvgIpc) is 3.13. The SMILES string of the molecule is Cc1noc(C2CCN(CC(=O)NC(c3ccc(C(C)C)cc3)C(C)C)CC2)n1. The summed E-state index contributed by atoms with van der Waals surface area (Å²) in [4.78, 5) is 19.3. The van der Waals surface area contributed by atoms with Gasteiger partial charge in [0.25, 0.3) is 0 Å². The highest BCUT2D eigenvalue weighted by Gasteiger charge is 2.26. The second-order valence-corrected chi connectivity index (χ2v) is 8.84. The third kappa shape index (κ3) is 5.66. The largest absolute Gasteiger partial charge is 0.348 e. The van der Waals surface area contributed by atoms with Gasteiger partial charge in [0, 0.05) is 5.92 Å². The lowest BCUT2D eigenvalue weighted by atomic mass is 9.93. The van der Waals surface area contributed by atoms with Gasteiger partial charge in [-0.3, -0.25) is 9.69 Å². The number of amides is 1. The molecule has 0 saturated carbocycles. The van der Waals surface area contributed by atoms with E-state index in [4.69, 9.17) is 4.52 Å². The first kappa shape index (κ1) is 21.5. The van der Waals surface area contributed by atoms with Crippen LogP contribution < -0.4 is 5.32 Å². The lowest BCUT2D eigenvalue weighted by Crippen LogP contribution is -2.43. The summed E-state index contributed by atoms with van der Waals surface area (Å²) in [5, 5.41) is 7.14. The number of nitrogens with zero attached hydrogens (tertiary/aromatic N) is 3. The predicted octanol–water partition coefficient (Wildman–Crippen LogP) is 4.19. The Hall–Kier alpha value is -2.21. The highest BCUT2D eigenvalue weighted by Crippen LogP contribution is 2.27. The van der Waals surface area contributed by atoms with Gasteiger partial charge in [-0.2, -0.15) is 4.98 Å². The van der Waals surface area contributed by atoms with Gasteiger partial charge in [-0.25, -0.2) is 0 Å². The number of hydrogen-bond donors (Lipinski definition) is 1. The van der Waals surface area contributed by atoms with Gasteiger partial charge in [0.05, 0.1) is 12.6 Å². The maximum Gasteiger partial charge on any atom is 0.234 e. The van der Waals surface area contributed by atoms with Gasteiger partial charge in [-0.05, 0) is 55.8 Å². The number of carbonyl (C=O) groups excluding carboxylic acids is 1. The number of benzene rings is 1. The fraction of sp³-hybridized carbons (Fsp3) is 0.609. The molecule has 2 heterocycles. The van der Waals surface area contributed by atoms with Gasteiger partial charge >= 0.3 is 0 Å². The van der Waals surface area contributed by atoms with Crippen LogP contribution in [0.25, 0.3) is 0 Å². The van der Waals surface area contributed by atoms with Crippen molar-refractivity contribution in [3.63, 3.8) is 0 Å². The van der Waals surface area contributed by atoms with Crippen molar-refractivity contribution in [3.8, 4) is 0 Å². The van der Waals surface area contributed by atoms with Crippen molar-refractivity contribution in [3.05, 3.63) is 47.1 Å². The topological polar surface area (TPSA) is 71.3 Å². The molecule has 1 aromatic carbocycles. The van der Waals surface area contributed by atoms with Gasteiger partial charge in [-0.1, -0.05) is 57.1 Å². The van der Waals surface area contributed by atoms with Crippen molar-refractivity contribution in [2.75, 3.05) is 19.6 Å². The third-order valence-electron chi connectivity index (χ3n) is 5.79. The molecule has 0 bridgehead atoms. The van der Waals surface area contributed by atoms with E-state index in [-0.39, 0.29) is 11.9 Å². The number of rotatable bonds is 7. The summed E-state index contributed by atoms with van der Waals surface area (Å²) in [5.41, 5.74) is 2.49. The van der Waals surface area contributed by atoms with Gasteiger partial charge in [0.2, 0.25) is 11.8 Å². The van der Waals surface area contributed by atoms with E-state index >= 15 is 0 Å². The highest BCUT2D eigenvalue weighted by molar-refractivity contribution is 5.78. The Kier molecular flexibility index (Phi) is 7.06. The van der Waals surface area contributed by atoms with Crippen LogP contribution in [0.2, 0.25) is 0 Å². The molecule has 0 aliphatic carbocycles. The van der Waals surface area contributed by atoms with E-state index in [1.165, 1.54) is 11.1 Å². The normalized spacial score (nSPS) is 17.1.